The van der Waals surface area contributed by atoms with Crippen molar-refractivity contribution in [2.24, 2.45) is 0 Å². The fraction of sp³-hybridized carbons (Fsp3) is 0.179. The highest BCUT2D eigenvalue weighted by Crippen LogP contribution is 2.30. The Morgan fingerprint density at radius 2 is 1.66 bits per heavy atom. The van der Waals surface area contributed by atoms with Crippen molar-refractivity contribution in [1.82, 2.24) is 14.9 Å². The van der Waals surface area contributed by atoms with Crippen LogP contribution in [-0.2, 0) is 13.1 Å². The largest absolute Gasteiger partial charge is 0.361 e. The van der Waals surface area contributed by atoms with Gasteiger partial charge in [-0.2, -0.15) is 5.26 Å². The second-order valence-corrected chi connectivity index (χ2v) is 8.16. The van der Waals surface area contributed by atoms with Crippen LogP contribution in [0.4, 0.5) is 0 Å². The lowest BCUT2D eigenvalue weighted by atomic mass is 9.91. The number of hydrogen-bond acceptors (Lipinski definition) is 2. The third kappa shape index (κ3) is 3.91. The van der Waals surface area contributed by atoms with E-state index in [4.69, 9.17) is 5.26 Å². The molecule has 0 aliphatic heterocycles. The molecule has 0 saturated carbocycles. The van der Waals surface area contributed by atoms with E-state index in [-0.39, 0.29) is 5.92 Å². The number of aromatic amines is 1. The molecule has 0 radical (unpaired) electrons. The van der Waals surface area contributed by atoms with Crippen LogP contribution >= 0.6 is 0 Å². The van der Waals surface area contributed by atoms with Crippen LogP contribution in [0.2, 0.25) is 0 Å². The Hall–Kier alpha value is -3.81. The molecule has 158 valence electrons. The number of aromatic nitrogens is 2. The molecular formula is C28H26N4. The van der Waals surface area contributed by atoms with Crippen LogP contribution < -0.4 is 5.32 Å². The summed E-state index contributed by atoms with van der Waals surface area (Å²) in [6.45, 7) is 2.34. The van der Waals surface area contributed by atoms with Gasteiger partial charge in [0, 0.05) is 59.8 Å². The summed E-state index contributed by atoms with van der Waals surface area (Å²) in [6.07, 6.45) is 4.86. The zero-order chi connectivity index (χ0) is 21.8. The van der Waals surface area contributed by atoms with Gasteiger partial charge >= 0.3 is 0 Å². The van der Waals surface area contributed by atoms with Gasteiger partial charge in [-0.1, -0.05) is 66.7 Å². The maximum atomic E-state index is 9.00. The van der Waals surface area contributed by atoms with Crippen molar-refractivity contribution in [1.29, 1.82) is 5.26 Å². The molecule has 2 N–H and O–H groups in total. The molecule has 0 saturated heterocycles. The number of benzene rings is 3. The molecule has 0 amide bonds. The fourth-order valence-corrected chi connectivity index (χ4v) is 4.65. The summed E-state index contributed by atoms with van der Waals surface area (Å²) in [5.74, 6) is 0.249. The molecule has 0 fully saturated rings. The standard InChI is InChI=1S/C28H26N4/c29-15-8-16-32-20-22(23-11-5-7-14-28(23)32)17-30-18-25(21-9-2-1-3-10-21)26-19-31-27-13-6-4-12-24(26)27/h1-7,9-14,19-20,25,30-31H,8,16-18H2/t25-/m0/s1. The van der Waals surface area contributed by atoms with E-state index in [9.17, 15) is 0 Å². The smallest absolute Gasteiger partial charge is 0.0640 e. The molecule has 5 rings (SSSR count). The predicted molar refractivity (Wildman–Crippen MR) is 130 cm³/mol. The Labute approximate surface area is 188 Å². The number of para-hydroxylation sites is 2. The van der Waals surface area contributed by atoms with Crippen LogP contribution in [0.25, 0.3) is 21.8 Å². The average molecular weight is 419 g/mol. The molecule has 0 bridgehead atoms. The van der Waals surface area contributed by atoms with E-state index in [0.717, 1.165) is 19.6 Å². The topological polar surface area (TPSA) is 56.5 Å². The van der Waals surface area contributed by atoms with Crippen LogP contribution in [0.5, 0.6) is 0 Å². The SMILES string of the molecule is N#CCCn1cc(CNC[C@@H](c2ccccc2)c2c[nH]c3ccccc23)c2ccccc21. The molecule has 2 aromatic heterocycles. The van der Waals surface area contributed by atoms with Gasteiger partial charge in [-0.15, -0.1) is 0 Å². The first-order valence-electron chi connectivity index (χ1n) is 11.1. The molecule has 2 heterocycles. The third-order valence-corrected chi connectivity index (χ3v) is 6.20. The molecule has 4 nitrogen and oxygen atoms in total. The van der Waals surface area contributed by atoms with Crippen molar-refractivity contribution in [3.05, 3.63) is 108 Å². The van der Waals surface area contributed by atoms with Crippen molar-refractivity contribution in [3.63, 3.8) is 0 Å². The van der Waals surface area contributed by atoms with Crippen molar-refractivity contribution in [3.8, 4) is 6.07 Å². The molecular weight excluding hydrogens is 392 g/mol. The van der Waals surface area contributed by atoms with Crippen LogP contribution in [0.3, 0.4) is 0 Å². The van der Waals surface area contributed by atoms with Crippen LogP contribution in [0.15, 0.2) is 91.3 Å². The third-order valence-electron chi connectivity index (χ3n) is 6.20. The first kappa shape index (κ1) is 20.1. The maximum Gasteiger partial charge on any atom is 0.0640 e. The zero-order valence-corrected chi connectivity index (χ0v) is 18.0. The Kier molecular flexibility index (Phi) is 5.74. The number of aryl methyl sites for hydroxylation is 1. The Bertz CT molecular complexity index is 1370. The predicted octanol–water partition coefficient (Wildman–Crippen LogP) is 5.96. The van der Waals surface area contributed by atoms with Gasteiger partial charge in [0.25, 0.3) is 0 Å². The Balaban J connectivity index is 1.41. The van der Waals surface area contributed by atoms with Gasteiger partial charge in [0.1, 0.15) is 0 Å². The number of fused-ring (bicyclic) bond motifs is 2. The van der Waals surface area contributed by atoms with Crippen LogP contribution in [-0.4, -0.2) is 16.1 Å². The highest BCUT2D eigenvalue weighted by Gasteiger charge is 2.18. The molecule has 0 aliphatic carbocycles. The molecule has 0 unspecified atom stereocenters. The lowest BCUT2D eigenvalue weighted by Crippen LogP contribution is -2.22. The quantitative estimate of drug-likeness (QED) is 0.327. The Morgan fingerprint density at radius 3 is 2.50 bits per heavy atom. The van der Waals surface area contributed by atoms with E-state index in [1.807, 2.05) is 0 Å². The summed E-state index contributed by atoms with van der Waals surface area (Å²) >= 11 is 0. The van der Waals surface area contributed by atoms with Crippen molar-refractivity contribution >= 4 is 21.8 Å². The van der Waals surface area contributed by atoms with E-state index in [1.165, 1.54) is 38.5 Å². The summed E-state index contributed by atoms with van der Waals surface area (Å²) in [4.78, 5) is 3.44. The molecule has 4 heteroatoms. The maximum absolute atomic E-state index is 9.00. The first-order valence-corrected chi connectivity index (χ1v) is 11.1. The van der Waals surface area contributed by atoms with Gasteiger partial charge in [-0.05, 0) is 28.8 Å². The van der Waals surface area contributed by atoms with Gasteiger partial charge < -0.3 is 14.9 Å². The van der Waals surface area contributed by atoms with E-state index in [0.29, 0.717) is 6.42 Å². The summed E-state index contributed by atoms with van der Waals surface area (Å²) in [6, 6.07) is 29.9. The van der Waals surface area contributed by atoms with Gasteiger partial charge in [0.15, 0.2) is 0 Å². The minimum Gasteiger partial charge on any atom is -0.361 e. The highest BCUT2D eigenvalue weighted by atomic mass is 15.0. The first-order chi connectivity index (χ1) is 15.8. The van der Waals surface area contributed by atoms with Gasteiger partial charge in [-0.25, -0.2) is 0 Å². The van der Waals surface area contributed by atoms with Crippen molar-refractivity contribution in [2.75, 3.05) is 6.54 Å². The second kappa shape index (κ2) is 9.13. The van der Waals surface area contributed by atoms with E-state index < -0.39 is 0 Å². The van der Waals surface area contributed by atoms with Crippen molar-refractivity contribution in [2.45, 2.75) is 25.4 Å². The fourth-order valence-electron chi connectivity index (χ4n) is 4.65. The summed E-state index contributed by atoms with van der Waals surface area (Å²) in [5.41, 5.74) is 6.25. The molecule has 3 aromatic carbocycles. The van der Waals surface area contributed by atoms with Gasteiger partial charge in [0.2, 0.25) is 0 Å². The monoisotopic (exact) mass is 418 g/mol. The number of hydrogen-bond donors (Lipinski definition) is 2. The van der Waals surface area contributed by atoms with Gasteiger partial charge in [-0.3, -0.25) is 0 Å². The lowest BCUT2D eigenvalue weighted by molar-refractivity contribution is 0.637. The zero-order valence-electron chi connectivity index (χ0n) is 18.0. The second-order valence-electron chi connectivity index (χ2n) is 8.16. The minimum atomic E-state index is 0.249. The average Bonchev–Trinajstić information content (AvgIpc) is 3.43. The van der Waals surface area contributed by atoms with E-state index >= 15 is 0 Å². The molecule has 0 aliphatic rings. The van der Waals surface area contributed by atoms with Crippen LogP contribution in [0, 0.1) is 11.3 Å². The number of nitrogens with zero attached hydrogens (tertiary/aromatic N) is 2. The summed E-state index contributed by atoms with van der Waals surface area (Å²) < 4.78 is 2.20. The summed E-state index contributed by atoms with van der Waals surface area (Å²) in [7, 11) is 0. The van der Waals surface area contributed by atoms with Crippen LogP contribution in [0.1, 0.15) is 29.0 Å². The lowest BCUT2D eigenvalue weighted by Gasteiger charge is -2.18. The Morgan fingerprint density at radius 1 is 0.906 bits per heavy atom. The summed E-state index contributed by atoms with van der Waals surface area (Å²) in [5, 5.41) is 15.3. The normalized spacial score (nSPS) is 12.2. The highest BCUT2D eigenvalue weighted by molar-refractivity contribution is 5.85. The molecule has 1 atom stereocenters. The molecule has 5 aromatic rings. The van der Waals surface area contributed by atoms with Crippen molar-refractivity contribution < 1.29 is 0 Å². The number of H-pyrrole nitrogens is 1. The minimum absolute atomic E-state index is 0.249. The number of nitrogens with one attached hydrogen (secondary N) is 2. The van der Waals surface area contributed by atoms with E-state index in [2.05, 4.69) is 112 Å². The van der Waals surface area contributed by atoms with E-state index in [1.54, 1.807) is 0 Å². The van der Waals surface area contributed by atoms with Gasteiger partial charge in [0.05, 0.1) is 12.5 Å². The number of nitriles is 1. The molecule has 0 spiro atoms. The number of rotatable bonds is 8. The molecule has 32 heavy (non-hydrogen) atoms.